The first-order valence-electron chi connectivity index (χ1n) is 9.05. The van der Waals surface area contributed by atoms with Crippen LogP contribution in [0, 0.1) is 6.92 Å². The number of para-hydroxylation sites is 1. The molecular formula is C20H25N3O. The summed E-state index contributed by atoms with van der Waals surface area (Å²) >= 11 is 0. The van der Waals surface area contributed by atoms with Gasteiger partial charge in [0.1, 0.15) is 11.6 Å². The maximum atomic E-state index is 5.95. The average molecular weight is 323 g/mol. The Morgan fingerprint density at radius 2 is 2.12 bits per heavy atom. The normalized spacial score (nSPS) is 22.4. The van der Waals surface area contributed by atoms with Crippen LogP contribution in [0.25, 0.3) is 0 Å². The number of rotatable bonds is 5. The molecule has 2 bridgehead atoms. The van der Waals surface area contributed by atoms with Crippen molar-refractivity contribution in [2.24, 2.45) is 0 Å². The van der Waals surface area contributed by atoms with Crippen molar-refractivity contribution in [3.63, 3.8) is 0 Å². The minimum absolute atomic E-state index is 0.457. The highest BCUT2D eigenvalue weighted by Gasteiger charge is 2.40. The summed E-state index contributed by atoms with van der Waals surface area (Å²) in [5.41, 5.74) is 3.89. The van der Waals surface area contributed by atoms with E-state index in [2.05, 4.69) is 47.3 Å². The molecule has 1 aromatic carbocycles. The summed E-state index contributed by atoms with van der Waals surface area (Å²) in [7, 11) is 0. The van der Waals surface area contributed by atoms with Gasteiger partial charge < -0.3 is 4.74 Å². The largest absolute Gasteiger partial charge is 0.493 e. The summed E-state index contributed by atoms with van der Waals surface area (Å²) in [5, 5.41) is 0. The molecule has 2 aliphatic heterocycles. The Hall–Kier alpha value is -1.94. The average Bonchev–Trinajstić information content (AvgIpc) is 2.87. The molecule has 0 spiro atoms. The lowest BCUT2D eigenvalue weighted by molar-refractivity contribution is 0.163. The number of hydrogen-bond donors (Lipinski definition) is 0. The van der Waals surface area contributed by atoms with Gasteiger partial charge in [0, 0.05) is 42.4 Å². The number of benzene rings is 1. The molecule has 1 saturated heterocycles. The van der Waals surface area contributed by atoms with Crippen molar-refractivity contribution in [1.82, 2.24) is 14.9 Å². The molecule has 0 radical (unpaired) electrons. The fraction of sp³-hybridized carbons (Fsp3) is 0.500. The first kappa shape index (κ1) is 15.6. The van der Waals surface area contributed by atoms with E-state index in [9.17, 15) is 0 Å². The van der Waals surface area contributed by atoms with Gasteiger partial charge >= 0.3 is 0 Å². The fourth-order valence-corrected chi connectivity index (χ4v) is 4.10. The second kappa shape index (κ2) is 6.52. The van der Waals surface area contributed by atoms with Gasteiger partial charge in [0.05, 0.1) is 12.3 Å². The molecule has 2 aliphatic rings. The molecule has 0 N–H and O–H groups in total. The Morgan fingerprint density at radius 3 is 3.00 bits per heavy atom. The number of fused-ring (bicyclic) bond motifs is 4. The van der Waals surface area contributed by atoms with Crippen LogP contribution in [0.3, 0.4) is 0 Å². The van der Waals surface area contributed by atoms with Crippen LogP contribution in [-0.4, -0.2) is 27.5 Å². The number of ether oxygens (including phenoxy) is 1. The quantitative estimate of drug-likeness (QED) is 0.838. The van der Waals surface area contributed by atoms with Gasteiger partial charge in [-0.2, -0.15) is 0 Å². The summed E-state index contributed by atoms with van der Waals surface area (Å²) in [6.45, 7) is 5.85. The minimum atomic E-state index is 0.457. The predicted octanol–water partition coefficient (Wildman–Crippen LogP) is 3.84. The molecule has 1 aromatic heterocycles. The zero-order valence-electron chi connectivity index (χ0n) is 14.5. The number of aryl methyl sites for hydroxylation is 1. The summed E-state index contributed by atoms with van der Waals surface area (Å²) < 4.78 is 5.95. The van der Waals surface area contributed by atoms with Crippen LogP contribution in [0.2, 0.25) is 0 Å². The topological polar surface area (TPSA) is 38.2 Å². The number of hydrogen-bond acceptors (Lipinski definition) is 4. The van der Waals surface area contributed by atoms with Crippen LogP contribution in [-0.2, 0) is 13.0 Å². The first-order chi connectivity index (χ1) is 11.8. The first-order valence-corrected chi connectivity index (χ1v) is 9.05. The van der Waals surface area contributed by atoms with Gasteiger partial charge in [-0.3, -0.25) is 4.90 Å². The van der Waals surface area contributed by atoms with E-state index in [4.69, 9.17) is 9.72 Å². The maximum Gasteiger partial charge on any atom is 0.125 e. The second-order valence-corrected chi connectivity index (χ2v) is 6.90. The van der Waals surface area contributed by atoms with E-state index >= 15 is 0 Å². The Balaban J connectivity index is 1.59. The standard InChI is InChI=1S/C20H25N3O/c1-3-10-24-20-7-5-4-6-15(20)13-23-16-8-9-19(23)17-12-21-14(2)22-18(17)11-16/h4-7,12,16,19H,3,8-11,13H2,1-2H3. The van der Waals surface area contributed by atoms with E-state index in [0.717, 1.165) is 37.6 Å². The lowest BCUT2D eigenvalue weighted by Gasteiger charge is -2.36. The van der Waals surface area contributed by atoms with Gasteiger partial charge in [-0.25, -0.2) is 9.97 Å². The van der Waals surface area contributed by atoms with Crippen LogP contribution in [0.15, 0.2) is 30.5 Å². The molecule has 4 nitrogen and oxygen atoms in total. The van der Waals surface area contributed by atoms with Crippen molar-refractivity contribution in [3.8, 4) is 5.75 Å². The van der Waals surface area contributed by atoms with Crippen molar-refractivity contribution in [1.29, 1.82) is 0 Å². The summed E-state index contributed by atoms with van der Waals surface area (Å²) in [6.07, 6.45) is 6.59. The molecular weight excluding hydrogens is 298 g/mol. The van der Waals surface area contributed by atoms with Crippen LogP contribution in [0.4, 0.5) is 0 Å². The van der Waals surface area contributed by atoms with Gasteiger partial charge in [-0.05, 0) is 32.3 Å². The molecule has 24 heavy (non-hydrogen) atoms. The van der Waals surface area contributed by atoms with Gasteiger partial charge in [0.15, 0.2) is 0 Å². The SMILES string of the molecule is CCCOc1ccccc1CN1C2CCC1c1cnc(C)nc1C2. The van der Waals surface area contributed by atoms with E-state index in [1.54, 1.807) is 0 Å². The van der Waals surface area contributed by atoms with Crippen molar-refractivity contribution in [2.45, 2.75) is 58.2 Å². The van der Waals surface area contributed by atoms with Crippen LogP contribution in [0.1, 0.15) is 54.9 Å². The molecule has 1 fully saturated rings. The molecule has 2 atom stereocenters. The molecule has 0 saturated carbocycles. The number of nitrogens with zero attached hydrogens (tertiary/aromatic N) is 3. The molecule has 4 rings (SSSR count). The zero-order chi connectivity index (χ0) is 16.5. The Kier molecular flexibility index (Phi) is 4.23. The Bertz CT molecular complexity index is 731. The van der Waals surface area contributed by atoms with Crippen LogP contribution < -0.4 is 4.74 Å². The highest BCUT2D eigenvalue weighted by molar-refractivity contribution is 5.35. The highest BCUT2D eigenvalue weighted by Crippen LogP contribution is 2.44. The zero-order valence-corrected chi connectivity index (χ0v) is 14.5. The molecule has 0 amide bonds. The van der Waals surface area contributed by atoms with Crippen molar-refractivity contribution >= 4 is 0 Å². The van der Waals surface area contributed by atoms with Crippen LogP contribution >= 0.6 is 0 Å². The van der Waals surface area contributed by atoms with E-state index in [1.165, 1.54) is 29.7 Å². The number of aromatic nitrogens is 2. The molecule has 4 heteroatoms. The van der Waals surface area contributed by atoms with Gasteiger partial charge in [0.2, 0.25) is 0 Å². The van der Waals surface area contributed by atoms with E-state index in [-0.39, 0.29) is 0 Å². The third kappa shape index (κ3) is 2.80. The summed E-state index contributed by atoms with van der Waals surface area (Å²) in [4.78, 5) is 11.8. The lowest BCUT2D eigenvalue weighted by atomic mass is 9.98. The van der Waals surface area contributed by atoms with E-state index in [1.807, 2.05) is 6.92 Å². The monoisotopic (exact) mass is 323 g/mol. The van der Waals surface area contributed by atoms with Crippen molar-refractivity contribution < 1.29 is 4.74 Å². The fourth-order valence-electron chi connectivity index (χ4n) is 4.10. The highest BCUT2D eigenvalue weighted by atomic mass is 16.5. The third-order valence-electron chi connectivity index (χ3n) is 5.24. The van der Waals surface area contributed by atoms with Gasteiger partial charge in [-0.1, -0.05) is 25.1 Å². The van der Waals surface area contributed by atoms with Crippen molar-refractivity contribution in [3.05, 3.63) is 53.1 Å². The molecule has 2 aromatic rings. The Labute approximate surface area is 143 Å². The lowest BCUT2D eigenvalue weighted by Crippen LogP contribution is -2.37. The van der Waals surface area contributed by atoms with Gasteiger partial charge in [0.25, 0.3) is 0 Å². The maximum absolute atomic E-state index is 5.95. The van der Waals surface area contributed by atoms with Crippen molar-refractivity contribution in [2.75, 3.05) is 6.61 Å². The van der Waals surface area contributed by atoms with E-state index in [0.29, 0.717) is 12.1 Å². The second-order valence-electron chi connectivity index (χ2n) is 6.90. The smallest absolute Gasteiger partial charge is 0.125 e. The Morgan fingerprint density at radius 1 is 1.25 bits per heavy atom. The van der Waals surface area contributed by atoms with E-state index < -0.39 is 0 Å². The summed E-state index contributed by atoms with van der Waals surface area (Å²) in [5.74, 6) is 1.92. The summed E-state index contributed by atoms with van der Waals surface area (Å²) in [6, 6.07) is 9.52. The molecule has 0 aliphatic carbocycles. The van der Waals surface area contributed by atoms with Gasteiger partial charge in [-0.15, -0.1) is 0 Å². The predicted molar refractivity (Wildman–Crippen MR) is 94.0 cm³/mol. The molecule has 126 valence electrons. The van der Waals surface area contributed by atoms with Crippen LogP contribution in [0.5, 0.6) is 5.75 Å². The minimum Gasteiger partial charge on any atom is -0.493 e. The molecule has 2 unspecified atom stereocenters. The third-order valence-corrected chi connectivity index (χ3v) is 5.24. The molecule has 3 heterocycles.